The van der Waals surface area contributed by atoms with Crippen LogP contribution in [0.25, 0.3) is 0 Å². The van der Waals surface area contributed by atoms with Crippen LogP contribution in [0.15, 0.2) is 18.2 Å². The van der Waals surface area contributed by atoms with Crippen LogP contribution in [-0.4, -0.2) is 54.5 Å². The predicted octanol–water partition coefficient (Wildman–Crippen LogP) is 3.55. The Morgan fingerprint density at radius 2 is 1.84 bits per heavy atom. The number of rotatable bonds is 6. The number of piperidine rings is 1. The number of carbonyl (C=O) groups excluding carboxylic acids is 1. The molecule has 2 aliphatic heterocycles. The molecule has 1 amide bonds. The third-order valence-electron chi connectivity index (χ3n) is 5.77. The lowest BCUT2D eigenvalue weighted by Crippen LogP contribution is -2.47. The van der Waals surface area contributed by atoms with Crippen LogP contribution in [-0.2, 0) is 4.79 Å². The van der Waals surface area contributed by atoms with E-state index >= 15 is 0 Å². The highest BCUT2D eigenvalue weighted by molar-refractivity contribution is 5.78. The zero-order chi connectivity index (χ0) is 17.6. The van der Waals surface area contributed by atoms with E-state index in [4.69, 9.17) is 4.74 Å². The van der Waals surface area contributed by atoms with Gasteiger partial charge in [0.2, 0.25) is 0 Å². The Hall–Kier alpha value is -1.55. The molecule has 0 aromatic heterocycles. The summed E-state index contributed by atoms with van der Waals surface area (Å²) in [5.74, 6) is 0.937. The van der Waals surface area contributed by atoms with Crippen LogP contribution in [0.2, 0.25) is 0 Å². The van der Waals surface area contributed by atoms with E-state index in [2.05, 4.69) is 29.7 Å². The number of likely N-dealkylation sites (tertiary alicyclic amines) is 2. The Morgan fingerprint density at radius 3 is 2.60 bits per heavy atom. The normalized spacial score (nSPS) is 21.5. The molecule has 0 radical (unpaired) electrons. The molecular weight excluding hydrogens is 312 g/mol. The number of amides is 1. The van der Waals surface area contributed by atoms with E-state index in [9.17, 15) is 4.79 Å². The third kappa shape index (κ3) is 4.97. The fourth-order valence-corrected chi connectivity index (χ4v) is 4.00. The topological polar surface area (TPSA) is 32.8 Å². The average Bonchev–Trinajstić information content (AvgIpc) is 3.14. The molecule has 138 valence electrons. The van der Waals surface area contributed by atoms with Crippen molar-refractivity contribution in [3.05, 3.63) is 29.3 Å². The van der Waals surface area contributed by atoms with Crippen molar-refractivity contribution in [1.29, 1.82) is 0 Å². The number of hydrogen-bond donors (Lipinski definition) is 0. The molecule has 0 bridgehead atoms. The van der Waals surface area contributed by atoms with Gasteiger partial charge in [-0.25, -0.2) is 0 Å². The van der Waals surface area contributed by atoms with Gasteiger partial charge in [0.15, 0.2) is 6.61 Å². The Morgan fingerprint density at radius 1 is 1.08 bits per heavy atom. The van der Waals surface area contributed by atoms with Gasteiger partial charge in [0.25, 0.3) is 5.91 Å². The first-order valence-electron chi connectivity index (χ1n) is 9.85. The Kier molecular flexibility index (Phi) is 6.35. The van der Waals surface area contributed by atoms with Gasteiger partial charge < -0.3 is 14.5 Å². The average molecular weight is 344 g/mol. The van der Waals surface area contributed by atoms with Gasteiger partial charge >= 0.3 is 0 Å². The number of carbonyl (C=O) groups is 1. The van der Waals surface area contributed by atoms with Crippen molar-refractivity contribution in [2.75, 3.05) is 32.8 Å². The van der Waals surface area contributed by atoms with Crippen molar-refractivity contribution < 1.29 is 9.53 Å². The molecular formula is C21H32N2O2. The van der Waals surface area contributed by atoms with E-state index in [0.717, 1.165) is 38.1 Å². The van der Waals surface area contributed by atoms with Crippen molar-refractivity contribution >= 4 is 5.91 Å². The summed E-state index contributed by atoms with van der Waals surface area (Å²) in [5, 5.41) is 0. The summed E-state index contributed by atoms with van der Waals surface area (Å²) >= 11 is 0. The van der Waals surface area contributed by atoms with Crippen LogP contribution in [0.3, 0.4) is 0 Å². The summed E-state index contributed by atoms with van der Waals surface area (Å²) in [4.78, 5) is 17.3. The number of benzene rings is 1. The quantitative estimate of drug-likeness (QED) is 0.791. The highest BCUT2D eigenvalue weighted by Gasteiger charge is 2.27. The summed E-state index contributed by atoms with van der Waals surface area (Å²) in [7, 11) is 0. The highest BCUT2D eigenvalue weighted by atomic mass is 16.5. The summed E-state index contributed by atoms with van der Waals surface area (Å²) in [5.41, 5.74) is 2.45. The van der Waals surface area contributed by atoms with E-state index in [1.807, 2.05) is 12.1 Å². The third-order valence-corrected chi connectivity index (χ3v) is 5.77. The Bertz CT molecular complexity index is 581. The predicted molar refractivity (Wildman–Crippen MR) is 101 cm³/mol. The summed E-state index contributed by atoms with van der Waals surface area (Å²) in [6, 6.07) is 6.42. The molecule has 1 unspecified atom stereocenters. The van der Waals surface area contributed by atoms with Crippen LogP contribution in [0, 0.1) is 13.8 Å². The van der Waals surface area contributed by atoms with Crippen molar-refractivity contribution in [1.82, 2.24) is 9.80 Å². The van der Waals surface area contributed by atoms with Gasteiger partial charge in [-0.2, -0.15) is 0 Å². The molecule has 4 heteroatoms. The van der Waals surface area contributed by atoms with E-state index in [1.165, 1.54) is 43.5 Å². The van der Waals surface area contributed by atoms with Gasteiger partial charge in [-0.15, -0.1) is 0 Å². The minimum absolute atomic E-state index is 0.143. The number of nitrogens with zero attached hydrogens (tertiary/aromatic N) is 2. The molecule has 2 saturated heterocycles. The molecule has 2 fully saturated rings. The molecule has 2 aliphatic rings. The van der Waals surface area contributed by atoms with Crippen LogP contribution in [0.4, 0.5) is 0 Å². The molecule has 1 aromatic carbocycles. The van der Waals surface area contributed by atoms with Crippen molar-refractivity contribution in [2.45, 2.75) is 58.4 Å². The monoisotopic (exact) mass is 344 g/mol. The first-order valence-corrected chi connectivity index (χ1v) is 9.85. The largest absolute Gasteiger partial charge is 0.484 e. The van der Waals surface area contributed by atoms with E-state index in [-0.39, 0.29) is 12.5 Å². The van der Waals surface area contributed by atoms with Crippen LogP contribution in [0.5, 0.6) is 5.75 Å². The van der Waals surface area contributed by atoms with Crippen LogP contribution in [0.1, 0.15) is 49.7 Å². The molecule has 1 aromatic rings. The zero-order valence-corrected chi connectivity index (χ0v) is 15.8. The molecule has 4 nitrogen and oxygen atoms in total. The minimum atomic E-state index is 0.143. The molecule has 0 spiro atoms. The SMILES string of the molecule is Cc1ccc(OCC(=O)N2CCCCC2CCN2CCCC2)cc1C. The lowest BCUT2D eigenvalue weighted by atomic mass is 9.99. The fraction of sp³-hybridized carbons (Fsp3) is 0.667. The van der Waals surface area contributed by atoms with E-state index in [0.29, 0.717) is 6.04 Å². The first kappa shape index (κ1) is 18.2. The molecule has 1 atom stereocenters. The maximum absolute atomic E-state index is 12.7. The van der Waals surface area contributed by atoms with Gasteiger partial charge in [-0.3, -0.25) is 4.79 Å². The summed E-state index contributed by atoms with van der Waals surface area (Å²) in [6.45, 7) is 8.80. The molecule has 3 rings (SSSR count). The van der Waals surface area contributed by atoms with Gasteiger partial charge in [0.1, 0.15) is 5.75 Å². The fourth-order valence-electron chi connectivity index (χ4n) is 4.00. The van der Waals surface area contributed by atoms with Gasteiger partial charge in [-0.05, 0) is 88.7 Å². The second kappa shape index (κ2) is 8.70. The first-order chi connectivity index (χ1) is 12.1. The maximum Gasteiger partial charge on any atom is 0.260 e. The summed E-state index contributed by atoms with van der Waals surface area (Å²) < 4.78 is 5.78. The lowest BCUT2D eigenvalue weighted by Gasteiger charge is -2.36. The molecule has 0 N–H and O–H groups in total. The number of hydrogen-bond acceptors (Lipinski definition) is 3. The zero-order valence-electron chi connectivity index (χ0n) is 15.8. The van der Waals surface area contributed by atoms with Crippen molar-refractivity contribution in [3.63, 3.8) is 0 Å². The second-order valence-corrected chi connectivity index (χ2v) is 7.61. The Labute approximate surface area is 152 Å². The molecule has 0 aliphatic carbocycles. The molecule has 25 heavy (non-hydrogen) atoms. The van der Waals surface area contributed by atoms with Crippen molar-refractivity contribution in [2.24, 2.45) is 0 Å². The van der Waals surface area contributed by atoms with Gasteiger partial charge in [0.05, 0.1) is 0 Å². The molecule has 0 saturated carbocycles. The van der Waals surface area contributed by atoms with E-state index in [1.54, 1.807) is 0 Å². The van der Waals surface area contributed by atoms with Crippen molar-refractivity contribution in [3.8, 4) is 5.75 Å². The van der Waals surface area contributed by atoms with Gasteiger partial charge in [-0.1, -0.05) is 6.07 Å². The summed E-state index contributed by atoms with van der Waals surface area (Å²) in [6.07, 6.45) is 7.27. The Balaban J connectivity index is 1.51. The highest BCUT2D eigenvalue weighted by Crippen LogP contribution is 2.22. The second-order valence-electron chi connectivity index (χ2n) is 7.61. The van der Waals surface area contributed by atoms with Gasteiger partial charge in [0, 0.05) is 19.1 Å². The van der Waals surface area contributed by atoms with E-state index < -0.39 is 0 Å². The maximum atomic E-state index is 12.7. The van der Waals surface area contributed by atoms with Crippen LogP contribution < -0.4 is 4.74 Å². The van der Waals surface area contributed by atoms with Crippen LogP contribution >= 0.6 is 0 Å². The smallest absolute Gasteiger partial charge is 0.260 e. The number of ether oxygens (including phenoxy) is 1. The lowest BCUT2D eigenvalue weighted by molar-refractivity contribution is -0.137. The number of aryl methyl sites for hydroxylation is 2. The standard InChI is InChI=1S/C21H32N2O2/c1-17-8-9-20(15-18(17)2)25-16-21(24)23-13-4-3-7-19(23)10-14-22-11-5-6-12-22/h8-9,15,19H,3-7,10-14,16H2,1-2H3. The molecule has 2 heterocycles. The minimum Gasteiger partial charge on any atom is -0.484 e.